The van der Waals surface area contributed by atoms with Crippen LogP contribution in [-0.4, -0.2) is 30.4 Å². The van der Waals surface area contributed by atoms with Gasteiger partial charge in [0.25, 0.3) is 5.91 Å². The molecule has 0 saturated heterocycles. The van der Waals surface area contributed by atoms with Crippen molar-refractivity contribution < 1.29 is 14.3 Å². The van der Waals surface area contributed by atoms with Crippen molar-refractivity contribution in [2.24, 2.45) is 10.8 Å². The van der Waals surface area contributed by atoms with Gasteiger partial charge in [-0.25, -0.2) is 5.43 Å². The number of carbonyl (C=O) groups excluding carboxylic acids is 2. The van der Waals surface area contributed by atoms with Crippen LogP contribution in [0.1, 0.15) is 12.0 Å². The zero-order valence-electron chi connectivity index (χ0n) is 13.9. The van der Waals surface area contributed by atoms with Crippen molar-refractivity contribution in [3.05, 3.63) is 59.1 Å². The highest BCUT2D eigenvalue weighted by Crippen LogP contribution is 2.20. The van der Waals surface area contributed by atoms with Crippen LogP contribution >= 0.6 is 23.4 Å². The van der Waals surface area contributed by atoms with Crippen molar-refractivity contribution in [1.82, 2.24) is 5.43 Å². The molecule has 2 aromatic rings. The van der Waals surface area contributed by atoms with E-state index in [-0.39, 0.29) is 12.5 Å². The van der Waals surface area contributed by atoms with E-state index in [0.29, 0.717) is 22.9 Å². The van der Waals surface area contributed by atoms with Gasteiger partial charge < -0.3 is 10.5 Å². The Bertz CT molecular complexity index is 764. The smallest absolute Gasteiger partial charge is 0.255 e. The van der Waals surface area contributed by atoms with Gasteiger partial charge in [-0.15, -0.1) is 11.8 Å². The van der Waals surface area contributed by atoms with E-state index >= 15 is 0 Å². The number of nitrogens with zero attached hydrogens (tertiary/aromatic N) is 1. The van der Waals surface area contributed by atoms with Crippen molar-refractivity contribution in [2.45, 2.75) is 11.3 Å². The molecule has 8 heteroatoms. The van der Waals surface area contributed by atoms with E-state index in [0.717, 1.165) is 10.5 Å². The maximum atomic E-state index is 11.8. The third-order valence-corrected chi connectivity index (χ3v) is 4.34. The van der Waals surface area contributed by atoms with Crippen LogP contribution in [-0.2, 0) is 9.59 Å². The van der Waals surface area contributed by atoms with Crippen LogP contribution in [0.25, 0.3) is 0 Å². The molecule has 0 aliphatic heterocycles. The number of nitrogens with two attached hydrogens (primary N) is 1. The molecule has 0 aliphatic rings. The number of thioether (sulfide) groups is 1. The van der Waals surface area contributed by atoms with Crippen LogP contribution in [0.3, 0.4) is 0 Å². The largest absolute Gasteiger partial charge is 0.484 e. The highest BCUT2D eigenvalue weighted by Gasteiger charge is 2.01. The summed E-state index contributed by atoms with van der Waals surface area (Å²) in [5.74, 6) is 0.482. The van der Waals surface area contributed by atoms with Gasteiger partial charge in [0.15, 0.2) is 6.61 Å². The third kappa shape index (κ3) is 7.58. The van der Waals surface area contributed by atoms with Gasteiger partial charge in [0.2, 0.25) is 5.91 Å². The number of hydrogen-bond donors (Lipinski definition) is 2. The first-order valence-electron chi connectivity index (χ1n) is 7.74. The molecule has 0 radical (unpaired) electrons. The molecule has 0 aliphatic carbocycles. The highest BCUT2D eigenvalue weighted by atomic mass is 35.5. The van der Waals surface area contributed by atoms with Crippen LogP contribution in [0.15, 0.2) is 58.5 Å². The fourth-order valence-corrected chi connectivity index (χ4v) is 2.81. The van der Waals surface area contributed by atoms with Crippen LogP contribution < -0.4 is 15.9 Å². The minimum absolute atomic E-state index is 0.163. The van der Waals surface area contributed by atoms with Crippen LogP contribution in [0.2, 0.25) is 5.02 Å². The lowest BCUT2D eigenvalue weighted by Gasteiger charge is -2.03. The molecule has 0 unspecified atom stereocenters. The normalized spacial score (nSPS) is 10.7. The molecule has 0 aromatic heterocycles. The van der Waals surface area contributed by atoms with Crippen LogP contribution in [0.5, 0.6) is 5.75 Å². The van der Waals surface area contributed by atoms with Crippen molar-refractivity contribution >= 4 is 41.4 Å². The fraction of sp³-hybridized carbons (Fsp3) is 0.167. The molecule has 0 atom stereocenters. The van der Waals surface area contributed by atoms with Gasteiger partial charge in [-0.1, -0.05) is 11.6 Å². The minimum Gasteiger partial charge on any atom is -0.484 e. The van der Waals surface area contributed by atoms with E-state index in [1.54, 1.807) is 36.0 Å². The zero-order valence-corrected chi connectivity index (χ0v) is 15.4. The molecule has 2 amide bonds. The summed E-state index contributed by atoms with van der Waals surface area (Å²) in [5, 5.41) is 4.61. The second-order valence-electron chi connectivity index (χ2n) is 5.17. The molecule has 2 aromatic carbocycles. The van der Waals surface area contributed by atoms with Crippen LogP contribution in [0.4, 0.5) is 0 Å². The Hall–Kier alpha value is -2.51. The molecule has 2 rings (SSSR count). The molecule has 0 bridgehead atoms. The lowest BCUT2D eigenvalue weighted by molar-refractivity contribution is -0.121. The number of ether oxygens (including phenoxy) is 1. The quantitative estimate of drug-likeness (QED) is 0.390. The summed E-state index contributed by atoms with van der Waals surface area (Å²) in [5.41, 5.74) is 8.28. The molecule has 0 fully saturated rings. The van der Waals surface area contributed by atoms with E-state index in [9.17, 15) is 9.59 Å². The minimum atomic E-state index is -0.535. The molecule has 0 spiro atoms. The first-order chi connectivity index (χ1) is 12.5. The van der Waals surface area contributed by atoms with Gasteiger partial charge in [-0.3, -0.25) is 9.59 Å². The van der Waals surface area contributed by atoms with Crippen molar-refractivity contribution in [1.29, 1.82) is 0 Å². The third-order valence-electron chi connectivity index (χ3n) is 3.08. The first-order valence-corrected chi connectivity index (χ1v) is 9.11. The Kier molecular flexibility index (Phi) is 7.98. The molecule has 0 saturated carbocycles. The molecular formula is C18H18ClN3O3S. The topological polar surface area (TPSA) is 93.8 Å². The summed E-state index contributed by atoms with van der Waals surface area (Å²) in [6.07, 6.45) is 1.88. The first kappa shape index (κ1) is 19.8. The summed E-state index contributed by atoms with van der Waals surface area (Å²) in [4.78, 5) is 23.5. The molecule has 3 N–H and O–H groups in total. The number of benzene rings is 2. The second-order valence-corrected chi connectivity index (χ2v) is 6.77. The predicted octanol–water partition coefficient (Wildman–Crippen LogP) is 2.84. The average Bonchev–Trinajstić information content (AvgIpc) is 2.63. The van der Waals surface area contributed by atoms with Gasteiger partial charge in [-0.2, -0.15) is 5.10 Å². The number of hydrogen-bond acceptors (Lipinski definition) is 5. The van der Waals surface area contributed by atoms with Crippen molar-refractivity contribution in [2.75, 3.05) is 12.4 Å². The Labute approximate surface area is 160 Å². The summed E-state index contributed by atoms with van der Waals surface area (Å²) >= 11 is 7.40. The van der Waals surface area contributed by atoms with E-state index in [4.69, 9.17) is 22.1 Å². The van der Waals surface area contributed by atoms with E-state index in [1.807, 2.05) is 24.3 Å². The van der Waals surface area contributed by atoms with E-state index in [2.05, 4.69) is 10.5 Å². The summed E-state index contributed by atoms with van der Waals surface area (Å²) in [6, 6.07) is 14.4. The molecular weight excluding hydrogens is 374 g/mol. The Morgan fingerprint density at radius 3 is 2.50 bits per heavy atom. The van der Waals surface area contributed by atoms with Crippen LogP contribution in [0, 0.1) is 0 Å². The van der Waals surface area contributed by atoms with Gasteiger partial charge in [0.1, 0.15) is 5.75 Å². The number of hydrazone groups is 1. The number of nitrogens with one attached hydrogen (secondary N) is 1. The predicted molar refractivity (Wildman–Crippen MR) is 104 cm³/mol. The molecule has 0 heterocycles. The van der Waals surface area contributed by atoms with Crippen molar-refractivity contribution in [3.63, 3.8) is 0 Å². The number of rotatable bonds is 9. The van der Waals surface area contributed by atoms with E-state index < -0.39 is 5.91 Å². The standard InChI is InChI=1S/C18H18ClN3O3S/c19-14-3-7-16(8-4-14)26-10-9-18(24)22-21-11-13-1-5-15(6-2-13)25-12-17(20)23/h1-8,11H,9-10,12H2,(H2,20,23)(H,22,24)/b21-11-. The Morgan fingerprint density at radius 2 is 1.85 bits per heavy atom. The molecule has 26 heavy (non-hydrogen) atoms. The Morgan fingerprint density at radius 1 is 1.15 bits per heavy atom. The fourth-order valence-electron chi connectivity index (χ4n) is 1.83. The zero-order chi connectivity index (χ0) is 18.8. The van der Waals surface area contributed by atoms with Crippen molar-refractivity contribution in [3.8, 4) is 5.75 Å². The maximum Gasteiger partial charge on any atom is 0.255 e. The number of amides is 2. The van der Waals surface area contributed by atoms with Gasteiger partial charge in [0, 0.05) is 22.1 Å². The average molecular weight is 392 g/mol. The number of halogens is 1. The highest BCUT2D eigenvalue weighted by molar-refractivity contribution is 7.99. The summed E-state index contributed by atoms with van der Waals surface area (Å²) in [7, 11) is 0. The van der Waals surface area contributed by atoms with Gasteiger partial charge >= 0.3 is 0 Å². The number of carbonyl (C=O) groups is 2. The monoisotopic (exact) mass is 391 g/mol. The SMILES string of the molecule is NC(=O)COc1ccc(/C=N\NC(=O)CCSc2ccc(Cl)cc2)cc1. The maximum absolute atomic E-state index is 11.8. The molecule has 136 valence electrons. The lowest BCUT2D eigenvalue weighted by Crippen LogP contribution is -2.20. The lowest BCUT2D eigenvalue weighted by atomic mass is 10.2. The van der Waals surface area contributed by atoms with Gasteiger partial charge in [0.05, 0.1) is 6.21 Å². The van der Waals surface area contributed by atoms with E-state index in [1.165, 1.54) is 6.21 Å². The van der Waals surface area contributed by atoms with Gasteiger partial charge in [-0.05, 0) is 54.1 Å². The Balaban J connectivity index is 1.69. The summed E-state index contributed by atoms with van der Waals surface area (Å²) < 4.78 is 5.15. The number of primary amides is 1. The summed E-state index contributed by atoms with van der Waals surface area (Å²) in [6.45, 7) is -0.169. The second kappa shape index (κ2) is 10.5. The molecule has 6 nitrogen and oxygen atoms in total.